The van der Waals surface area contributed by atoms with Crippen LogP contribution in [0.15, 0.2) is 65.8 Å². The van der Waals surface area contributed by atoms with Gasteiger partial charge in [-0.25, -0.2) is 0 Å². The van der Waals surface area contributed by atoms with Crippen molar-refractivity contribution in [3.8, 4) is 0 Å². The predicted molar refractivity (Wildman–Crippen MR) is 92.4 cm³/mol. The Bertz CT molecular complexity index is 752. The minimum Gasteiger partial charge on any atom is -0.387 e. The van der Waals surface area contributed by atoms with E-state index in [1.54, 1.807) is 0 Å². The van der Waals surface area contributed by atoms with Crippen LogP contribution in [0, 0.1) is 0 Å². The number of amides is 1. The first-order valence-corrected chi connectivity index (χ1v) is 8.42. The second-order valence-electron chi connectivity index (χ2n) is 6.50. The van der Waals surface area contributed by atoms with Crippen LogP contribution in [0.25, 0.3) is 0 Å². The van der Waals surface area contributed by atoms with E-state index in [9.17, 15) is 4.79 Å². The van der Waals surface area contributed by atoms with Gasteiger partial charge < -0.3 is 10.2 Å². The van der Waals surface area contributed by atoms with Gasteiger partial charge in [-0.2, -0.15) is 0 Å². The van der Waals surface area contributed by atoms with Crippen LogP contribution in [-0.4, -0.2) is 11.6 Å². The van der Waals surface area contributed by atoms with Gasteiger partial charge >= 0.3 is 0 Å². The number of carbonyl (C=O) groups excluding carboxylic acids is 1. The lowest BCUT2D eigenvalue weighted by atomic mass is 9.71. The van der Waals surface area contributed by atoms with Crippen molar-refractivity contribution in [3.63, 3.8) is 0 Å². The molecule has 1 aliphatic heterocycles. The summed E-state index contributed by atoms with van der Waals surface area (Å²) in [7, 11) is 0. The molecule has 2 aromatic rings. The van der Waals surface area contributed by atoms with E-state index in [-0.39, 0.29) is 17.6 Å². The van der Waals surface area contributed by atoms with Crippen LogP contribution >= 0.6 is 0 Å². The molecule has 122 valence electrons. The van der Waals surface area contributed by atoms with Crippen molar-refractivity contribution in [1.29, 1.82) is 0 Å². The molecule has 2 aromatic carbocycles. The molecule has 0 aromatic heterocycles. The molecule has 1 amide bonds. The van der Waals surface area contributed by atoms with Crippen LogP contribution in [0.5, 0.6) is 0 Å². The molecule has 4 heteroatoms. The molecule has 1 aliphatic carbocycles. The zero-order chi connectivity index (χ0) is 16.4. The van der Waals surface area contributed by atoms with Crippen molar-refractivity contribution in [2.75, 3.05) is 0 Å². The summed E-state index contributed by atoms with van der Waals surface area (Å²) in [5, 5.41) is 7.24. The van der Waals surface area contributed by atoms with Gasteiger partial charge in [-0.15, -0.1) is 0 Å². The zero-order valence-electron chi connectivity index (χ0n) is 13.4. The van der Waals surface area contributed by atoms with E-state index >= 15 is 0 Å². The summed E-state index contributed by atoms with van der Waals surface area (Å²) in [6.45, 7) is 0. The van der Waals surface area contributed by atoms with Crippen molar-refractivity contribution in [2.45, 2.75) is 37.3 Å². The van der Waals surface area contributed by atoms with E-state index in [1.807, 2.05) is 48.5 Å². The second-order valence-corrected chi connectivity index (χ2v) is 6.50. The Kier molecular flexibility index (Phi) is 3.81. The quantitative estimate of drug-likeness (QED) is 0.934. The number of carbonyl (C=O) groups is 1. The summed E-state index contributed by atoms with van der Waals surface area (Å²) in [5.74, 6) is -0.114. The Morgan fingerprint density at radius 2 is 1.71 bits per heavy atom. The van der Waals surface area contributed by atoms with E-state index in [0.29, 0.717) is 12.1 Å². The number of rotatable bonds is 4. The molecule has 2 aliphatic rings. The average molecular weight is 320 g/mol. The maximum atomic E-state index is 12.7. The van der Waals surface area contributed by atoms with Gasteiger partial charge in [-0.3, -0.25) is 4.79 Å². The van der Waals surface area contributed by atoms with Crippen LogP contribution in [0.4, 0.5) is 0 Å². The highest BCUT2D eigenvalue weighted by atomic mass is 16.6. The summed E-state index contributed by atoms with van der Waals surface area (Å²) in [4.78, 5) is 18.2. The number of nitrogens with zero attached hydrogens (tertiary/aromatic N) is 1. The third kappa shape index (κ3) is 2.68. The number of hydrogen-bond donors (Lipinski definition) is 1. The molecule has 0 spiro atoms. The molecule has 0 radical (unpaired) electrons. The Morgan fingerprint density at radius 1 is 1.04 bits per heavy atom. The van der Waals surface area contributed by atoms with Gasteiger partial charge in [0.25, 0.3) is 5.91 Å². The summed E-state index contributed by atoms with van der Waals surface area (Å²) in [5.41, 5.74) is 2.45. The van der Waals surface area contributed by atoms with Gasteiger partial charge in [-0.05, 0) is 30.4 Å². The first-order valence-electron chi connectivity index (χ1n) is 8.42. The van der Waals surface area contributed by atoms with Gasteiger partial charge in [0.15, 0.2) is 6.10 Å². The zero-order valence-corrected chi connectivity index (χ0v) is 13.4. The average Bonchev–Trinajstić information content (AvgIpc) is 3.10. The van der Waals surface area contributed by atoms with Gasteiger partial charge in [0.05, 0.1) is 5.54 Å². The molecule has 1 fully saturated rings. The van der Waals surface area contributed by atoms with E-state index in [4.69, 9.17) is 4.84 Å². The van der Waals surface area contributed by atoms with E-state index in [2.05, 4.69) is 22.6 Å². The molecule has 0 saturated heterocycles. The van der Waals surface area contributed by atoms with Crippen LogP contribution in [-0.2, 0) is 15.2 Å². The maximum Gasteiger partial charge on any atom is 0.269 e. The largest absolute Gasteiger partial charge is 0.387 e. The number of hydrogen-bond acceptors (Lipinski definition) is 3. The van der Waals surface area contributed by atoms with Crippen molar-refractivity contribution >= 4 is 11.6 Å². The molecule has 1 atom stereocenters. The maximum absolute atomic E-state index is 12.7. The third-order valence-corrected chi connectivity index (χ3v) is 4.99. The molecule has 24 heavy (non-hydrogen) atoms. The highest BCUT2D eigenvalue weighted by Crippen LogP contribution is 2.41. The first kappa shape index (κ1) is 14.9. The van der Waals surface area contributed by atoms with E-state index < -0.39 is 0 Å². The van der Waals surface area contributed by atoms with Crippen LogP contribution in [0.3, 0.4) is 0 Å². The minimum absolute atomic E-state index is 0.114. The summed E-state index contributed by atoms with van der Waals surface area (Å²) >= 11 is 0. The molecular formula is C20H20N2O2. The molecule has 1 saturated carbocycles. The number of oxime groups is 1. The Balaban J connectivity index is 1.45. The molecule has 0 bridgehead atoms. The SMILES string of the molecule is O=C(NC1(c2ccccc2)CCC1)C1=NOC(c2ccccc2)C1. The van der Waals surface area contributed by atoms with Gasteiger partial charge in [0.1, 0.15) is 5.71 Å². The van der Waals surface area contributed by atoms with Crippen molar-refractivity contribution < 1.29 is 9.63 Å². The van der Waals surface area contributed by atoms with Crippen molar-refractivity contribution in [3.05, 3.63) is 71.8 Å². The lowest BCUT2D eigenvalue weighted by molar-refractivity contribution is -0.118. The second kappa shape index (κ2) is 6.11. The van der Waals surface area contributed by atoms with Crippen LogP contribution in [0.1, 0.15) is 42.9 Å². The predicted octanol–water partition coefficient (Wildman–Crippen LogP) is 3.70. The van der Waals surface area contributed by atoms with Gasteiger partial charge in [0.2, 0.25) is 0 Å². The van der Waals surface area contributed by atoms with Gasteiger partial charge in [0, 0.05) is 6.42 Å². The third-order valence-electron chi connectivity index (χ3n) is 4.99. The first-order chi connectivity index (χ1) is 11.8. The topological polar surface area (TPSA) is 50.7 Å². The summed E-state index contributed by atoms with van der Waals surface area (Å²) in [6, 6.07) is 20.1. The standard InChI is InChI=1S/C20H20N2O2/c23-19(17-14-18(24-22-17)15-8-3-1-4-9-15)21-20(12-7-13-20)16-10-5-2-6-11-16/h1-6,8-11,18H,7,12-14H2,(H,21,23). The summed E-state index contributed by atoms with van der Waals surface area (Å²) in [6.07, 6.45) is 3.42. The molecule has 1 N–H and O–H groups in total. The fourth-order valence-electron chi connectivity index (χ4n) is 3.42. The molecule has 4 rings (SSSR count). The monoisotopic (exact) mass is 320 g/mol. The van der Waals surface area contributed by atoms with Crippen LogP contribution in [0.2, 0.25) is 0 Å². The lowest BCUT2D eigenvalue weighted by Gasteiger charge is -2.43. The van der Waals surface area contributed by atoms with E-state index in [1.165, 1.54) is 5.56 Å². The van der Waals surface area contributed by atoms with Crippen molar-refractivity contribution in [1.82, 2.24) is 5.32 Å². The summed E-state index contributed by atoms with van der Waals surface area (Å²) < 4.78 is 0. The molecule has 1 heterocycles. The number of nitrogens with one attached hydrogen (secondary N) is 1. The Labute approximate surface area is 141 Å². The van der Waals surface area contributed by atoms with Crippen molar-refractivity contribution in [2.24, 2.45) is 5.16 Å². The molecular weight excluding hydrogens is 300 g/mol. The Morgan fingerprint density at radius 3 is 2.33 bits per heavy atom. The smallest absolute Gasteiger partial charge is 0.269 e. The molecule has 4 nitrogen and oxygen atoms in total. The highest BCUT2D eigenvalue weighted by Gasteiger charge is 2.41. The fraction of sp³-hybridized carbons (Fsp3) is 0.300. The normalized spacial score (nSPS) is 21.3. The van der Waals surface area contributed by atoms with Gasteiger partial charge in [-0.1, -0.05) is 65.8 Å². The Hall–Kier alpha value is -2.62. The minimum atomic E-state index is -0.244. The van der Waals surface area contributed by atoms with Crippen LogP contribution < -0.4 is 5.32 Å². The fourth-order valence-corrected chi connectivity index (χ4v) is 3.42. The highest BCUT2D eigenvalue weighted by molar-refractivity contribution is 6.39. The van der Waals surface area contributed by atoms with E-state index in [0.717, 1.165) is 24.8 Å². The molecule has 1 unspecified atom stereocenters. The lowest BCUT2D eigenvalue weighted by Crippen LogP contribution is -2.52. The number of benzene rings is 2.